The van der Waals surface area contributed by atoms with Gasteiger partial charge in [-0.3, -0.25) is 0 Å². The third-order valence-electron chi connectivity index (χ3n) is 1.56. The maximum absolute atomic E-state index is 11.7. The Morgan fingerprint density at radius 2 is 2.31 bits per heavy atom. The summed E-state index contributed by atoms with van der Waals surface area (Å²) in [5.74, 6) is 0.608. The summed E-state index contributed by atoms with van der Waals surface area (Å²) in [5, 5.41) is 0. The second-order valence-electron chi connectivity index (χ2n) is 2.56. The smallest absolute Gasteiger partial charge is 0.124 e. The predicted octanol–water partition coefficient (Wildman–Crippen LogP) is 1.78. The van der Waals surface area contributed by atoms with Crippen molar-refractivity contribution in [3.8, 4) is 5.75 Å². The van der Waals surface area contributed by atoms with E-state index in [1.807, 2.05) is 6.07 Å². The van der Waals surface area contributed by atoms with E-state index in [-0.39, 0.29) is 6.61 Å². The molecule has 0 aromatic heterocycles. The van der Waals surface area contributed by atoms with Gasteiger partial charge in [-0.2, -0.15) is 0 Å². The van der Waals surface area contributed by atoms with Gasteiger partial charge in [0.05, 0.1) is 0 Å². The molecule has 0 aliphatic rings. The van der Waals surface area contributed by atoms with Crippen molar-refractivity contribution in [3.05, 3.63) is 29.8 Å². The average Bonchev–Trinajstić information content (AvgIpc) is 2.16. The van der Waals surface area contributed by atoms with Crippen molar-refractivity contribution in [1.29, 1.82) is 0 Å². The van der Waals surface area contributed by atoms with Crippen LogP contribution in [0.15, 0.2) is 24.3 Å². The molecule has 0 radical (unpaired) electrons. The van der Waals surface area contributed by atoms with Crippen LogP contribution in [0.25, 0.3) is 0 Å². The topological polar surface area (TPSA) is 26.3 Å². The van der Waals surface area contributed by atoms with E-state index < -0.39 is 6.67 Å². The minimum Gasteiger partial charge on any atom is -0.491 e. The lowest BCUT2D eigenvalue weighted by Crippen LogP contribution is -1.99. The zero-order valence-electron chi connectivity index (χ0n) is 7.20. The number of aldehydes is 1. The van der Waals surface area contributed by atoms with Crippen LogP contribution in [-0.2, 0) is 11.2 Å². The quantitative estimate of drug-likeness (QED) is 0.649. The number of ether oxygens (including phenoxy) is 1. The van der Waals surface area contributed by atoms with Gasteiger partial charge in [-0.15, -0.1) is 0 Å². The number of rotatable bonds is 5. The molecule has 3 heteroatoms. The number of carbonyl (C=O) groups excluding carboxylic acids is 1. The van der Waals surface area contributed by atoms with Gasteiger partial charge < -0.3 is 9.53 Å². The number of alkyl halides is 1. The van der Waals surface area contributed by atoms with E-state index in [0.29, 0.717) is 12.2 Å². The van der Waals surface area contributed by atoms with E-state index >= 15 is 0 Å². The molecule has 0 saturated carbocycles. The van der Waals surface area contributed by atoms with Crippen LogP contribution in [0, 0.1) is 0 Å². The molecular formula is C10H11FO2. The first-order valence-corrected chi connectivity index (χ1v) is 4.08. The molecule has 0 atom stereocenters. The Balaban J connectivity index is 2.61. The molecule has 0 saturated heterocycles. The average molecular weight is 182 g/mol. The summed E-state index contributed by atoms with van der Waals surface area (Å²) in [5.41, 5.74) is 0.881. The SMILES string of the molecule is O=CCc1cccc(OCCF)c1. The summed E-state index contributed by atoms with van der Waals surface area (Å²) >= 11 is 0. The van der Waals surface area contributed by atoms with Crippen LogP contribution < -0.4 is 4.74 Å². The maximum Gasteiger partial charge on any atom is 0.124 e. The zero-order chi connectivity index (χ0) is 9.52. The normalized spacial score (nSPS) is 9.62. The summed E-state index contributed by atoms with van der Waals surface area (Å²) in [7, 11) is 0. The van der Waals surface area contributed by atoms with Crippen LogP contribution in [0.2, 0.25) is 0 Å². The molecule has 2 nitrogen and oxygen atoms in total. The molecule has 0 bridgehead atoms. The third-order valence-corrected chi connectivity index (χ3v) is 1.56. The van der Waals surface area contributed by atoms with Gasteiger partial charge in [0.15, 0.2) is 0 Å². The van der Waals surface area contributed by atoms with Crippen molar-refractivity contribution in [1.82, 2.24) is 0 Å². The van der Waals surface area contributed by atoms with Gasteiger partial charge in [0.25, 0.3) is 0 Å². The van der Waals surface area contributed by atoms with Crippen LogP contribution in [0.4, 0.5) is 4.39 Å². The number of carbonyl (C=O) groups is 1. The zero-order valence-corrected chi connectivity index (χ0v) is 7.20. The Hall–Kier alpha value is -1.38. The fraction of sp³-hybridized carbons (Fsp3) is 0.300. The fourth-order valence-corrected chi connectivity index (χ4v) is 1.01. The number of hydrogen-bond acceptors (Lipinski definition) is 2. The maximum atomic E-state index is 11.7. The van der Waals surface area contributed by atoms with Gasteiger partial charge in [0.2, 0.25) is 0 Å². The first-order chi connectivity index (χ1) is 6.36. The Labute approximate surface area is 76.3 Å². The van der Waals surface area contributed by atoms with E-state index in [4.69, 9.17) is 4.74 Å². The van der Waals surface area contributed by atoms with Crippen molar-refractivity contribution in [2.45, 2.75) is 6.42 Å². The van der Waals surface area contributed by atoms with Gasteiger partial charge in [-0.1, -0.05) is 12.1 Å². The largest absolute Gasteiger partial charge is 0.491 e. The summed E-state index contributed by atoms with van der Waals surface area (Å²) in [6.07, 6.45) is 1.20. The molecule has 0 fully saturated rings. The van der Waals surface area contributed by atoms with E-state index in [1.165, 1.54) is 0 Å². The Kier molecular flexibility index (Phi) is 3.96. The lowest BCUT2D eigenvalue weighted by Gasteiger charge is -2.04. The fourth-order valence-electron chi connectivity index (χ4n) is 1.01. The highest BCUT2D eigenvalue weighted by atomic mass is 19.1. The third kappa shape index (κ3) is 3.23. The first-order valence-electron chi connectivity index (χ1n) is 4.08. The van der Waals surface area contributed by atoms with Crippen molar-refractivity contribution in [2.24, 2.45) is 0 Å². The van der Waals surface area contributed by atoms with Gasteiger partial charge in [-0.05, 0) is 17.7 Å². The number of hydrogen-bond donors (Lipinski definition) is 0. The van der Waals surface area contributed by atoms with Crippen molar-refractivity contribution >= 4 is 6.29 Å². The van der Waals surface area contributed by atoms with Gasteiger partial charge in [0, 0.05) is 6.42 Å². The minimum absolute atomic E-state index is 0.0601. The van der Waals surface area contributed by atoms with Crippen LogP contribution >= 0.6 is 0 Å². The minimum atomic E-state index is -0.502. The molecule has 1 aromatic carbocycles. The Morgan fingerprint density at radius 3 is 3.00 bits per heavy atom. The molecule has 0 aliphatic carbocycles. The van der Waals surface area contributed by atoms with Gasteiger partial charge in [-0.25, -0.2) is 4.39 Å². The molecule has 0 amide bonds. The van der Waals surface area contributed by atoms with Gasteiger partial charge >= 0.3 is 0 Å². The molecule has 0 spiro atoms. The predicted molar refractivity (Wildman–Crippen MR) is 47.7 cm³/mol. The van der Waals surface area contributed by atoms with E-state index in [2.05, 4.69) is 0 Å². The monoisotopic (exact) mass is 182 g/mol. The second kappa shape index (κ2) is 5.30. The van der Waals surface area contributed by atoms with Gasteiger partial charge in [0.1, 0.15) is 25.3 Å². The molecule has 0 aliphatic heterocycles. The Morgan fingerprint density at radius 1 is 1.46 bits per heavy atom. The van der Waals surface area contributed by atoms with Crippen molar-refractivity contribution in [2.75, 3.05) is 13.3 Å². The molecule has 1 rings (SSSR count). The van der Waals surface area contributed by atoms with Crippen LogP contribution in [0.5, 0.6) is 5.75 Å². The van der Waals surface area contributed by atoms with Crippen LogP contribution in [0.1, 0.15) is 5.56 Å². The molecular weight excluding hydrogens is 171 g/mol. The first kappa shape index (κ1) is 9.71. The highest BCUT2D eigenvalue weighted by molar-refractivity contribution is 5.55. The van der Waals surface area contributed by atoms with E-state index in [9.17, 15) is 9.18 Å². The highest BCUT2D eigenvalue weighted by Gasteiger charge is 1.95. The van der Waals surface area contributed by atoms with E-state index in [1.54, 1.807) is 18.2 Å². The van der Waals surface area contributed by atoms with Crippen LogP contribution in [-0.4, -0.2) is 19.6 Å². The molecule has 13 heavy (non-hydrogen) atoms. The summed E-state index contributed by atoms with van der Waals surface area (Å²) in [6, 6.07) is 7.09. The number of halogens is 1. The second-order valence-corrected chi connectivity index (χ2v) is 2.56. The number of benzene rings is 1. The standard InChI is InChI=1S/C10H11FO2/c11-5-7-13-10-3-1-2-9(8-10)4-6-12/h1-3,6,8H,4-5,7H2. The summed E-state index contributed by atoms with van der Waals surface area (Å²) in [4.78, 5) is 10.2. The lowest BCUT2D eigenvalue weighted by atomic mass is 10.2. The molecule has 0 heterocycles. The Bertz CT molecular complexity index is 273. The van der Waals surface area contributed by atoms with E-state index in [0.717, 1.165) is 11.8 Å². The molecule has 70 valence electrons. The summed E-state index contributed by atoms with van der Waals surface area (Å²) < 4.78 is 16.8. The van der Waals surface area contributed by atoms with Crippen LogP contribution in [0.3, 0.4) is 0 Å². The highest BCUT2D eigenvalue weighted by Crippen LogP contribution is 2.12. The van der Waals surface area contributed by atoms with Crippen molar-refractivity contribution in [3.63, 3.8) is 0 Å². The summed E-state index contributed by atoms with van der Waals surface area (Å²) in [6.45, 7) is -0.442. The molecule has 1 aromatic rings. The molecule has 0 N–H and O–H groups in total. The van der Waals surface area contributed by atoms with Crippen molar-refractivity contribution < 1.29 is 13.9 Å². The lowest BCUT2D eigenvalue weighted by molar-refractivity contribution is -0.107. The molecule has 0 unspecified atom stereocenters.